The Morgan fingerprint density at radius 1 is 1.31 bits per heavy atom. The molecule has 0 aliphatic carbocycles. The fourth-order valence-electron chi connectivity index (χ4n) is 1.49. The molecular weight excluding hydrogens is 229 g/mol. The molecule has 5 N–H and O–H groups in total. The van der Waals surface area contributed by atoms with Crippen LogP contribution in [0.2, 0.25) is 0 Å². The van der Waals surface area contributed by atoms with Crippen molar-refractivity contribution >= 4 is 35.5 Å². The largest absolute Gasteiger partial charge is 0.394 e. The van der Waals surface area contributed by atoms with E-state index in [0.717, 1.165) is 0 Å². The molecule has 0 aromatic carbocycles. The molecule has 1 saturated heterocycles. The van der Waals surface area contributed by atoms with E-state index in [-0.39, 0.29) is 29.6 Å². The van der Waals surface area contributed by atoms with Crippen LogP contribution in [0, 0.1) is 0 Å². The molecule has 1 aliphatic rings. The summed E-state index contributed by atoms with van der Waals surface area (Å²) >= 11 is 0. The normalized spacial score (nSPS) is 38.7. The van der Waals surface area contributed by atoms with E-state index < -0.39 is 43.2 Å². The van der Waals surface area contributed by atoms with E-state index in [1.807, 2.05) is 0 Å². The van der Waals surface area contributed by atoms with E-state index in [1.165, 1.54) is 6.92 Å². The quantitative estimate of drug-likeness (QED) is 0.322. The van der Waals surface area contributed by atoms with Gasteiger partial charge in [-0.1, -0.05) is 0 Å². The van der Waals surface area contributed by atoms with Gasteiger partial charge >= 0.3 is 0 Å². The molecule has 7 nitrogen and oxygen atoms in total. The Labute approximate surface area is 115 Å². The average Bonchev–Trinajstić information content (AvgIpc) is 2.18. The maximum atomic E-state index is 10.7. The molecule has 1 amide bonds. The molecule has 0 aromatic heterocycles. The predicted molar refractivity (Wildman–Crippen MR) is 53.3 cm³/mol. The summed E-state index contributed by atoms with van der Waals surface area (Å²) in [6, 6.07) is -1.10. The van der Waals surface area contributed by atoms with Crippen molar-refractivity contribution in [1.29, 1.82) is 0 Å². The van der Waals surface area contributed by atoms with Gasteiger partial charge in [-0.3, -0.25) is 4.79 Å². The van der Waals surface area contributed by atoms with Crippen molar-refractivity contribution in [2.75, 3.05) is 6.61 Å². The Hall–Kier alpha value is 0.270. The van der Waals surface area contributed by atoms with Gasteiger partial charge in [0.2, 0.25) is 5.91 Å². The molecular formula is C8H15NNaO6. The molecule has 1 aliphatic heterocycles. The Bertz CT molecular complexity index is 241. The van der Waals surface area contributed by atoms with Crippen LogP contribution in [0.15, 0.2) is 0 Å². The smallest absolute Gasteiger partial charge is 0.217 e. The first-order valence-corrected chi connectivity index (χ1v) is 4.55. The van der Waals surface area contributed by atoms with Gasteiger partial charge in [-0.25, -0.2) is 0 Å². The summed E-state index contributed by atoms with van der Waals surface area (Å²) < 4.78 is 4.81. The van der Waals surface area contributed by atoms with Crippen molar-refractivity contribution in [3.8, 4) is 0 Å². The average molecular weight is 244 g/mol. The summed E-state index contributed by atoms with van der Waals surface area (Å²) in [5.41, 5.74) is 0. The van der Waals surface area contributed by atoms with Crippen LogP contribution in [0.1, 0.15) is 6.92 Å². The van der Waals surface area contributed by atoms with Crippen LogP contribution in [-0.4, -0.2) is 93.1 Å². The zero-order chi connectivity index (χ0) is 11.6. The Morgan fingerprint density at radius 2 is 1.88 bits per heavy atom. The maximum Gasteiger partial charge on any atom is 0.217 e. The molecule has 1 unspecified atom stereocenters. The molecule has 0 spiro atoms. The minimum absolute atomic E-state index is 0. The second kappa shape index (κ2) is 6.87. The van der Waals surface area contributed by atoms with Crippen LogP contribution in [0.4, 0.5) is 0 Å². The standard InChI is InChI=1S/C8H15NO6.Na/c1-3(11)9-5-7(13)6(12)4(2-10)15-8(5)14;/h4-8,10,12-14H,2H2,1H3,(H,9,11);/t4-,5-,6-,7-,8?;/m1./s1. The molecule has 5 atom stereocenters. The van der Waals surface area contributed by atoms with E-state index in [1.54, 1.807) is 0 Å². The SMILES string of the molecule is CC(=O)N[C@H]1C(O)O[C@H](CO)[C@@H](O)[C@@H]1O.[Na]. The molecule has 1 heterocycles. The van der Waals surface area contributed by atoms with E-state index in [0.29, 0.717) is 0 Å². The van der Waals surface area contributed by atoms with Gasteiger partial charge < -0.3 is 30.5 Å². The van der Waals surface area contributed by atoms with Crippen LogP contribution in [0.3, 0.4) is 0 Å². The number of hydrogen-bond donors (Lipinski definition) is 5. The molecule has 16 heavy (non-hydrogen) atoms. The number of carbonyl (C=O) groups is 1. The topological polar surface area (TPSA) is 119 Å². The summed E-state index contributed by atoms with van der Waals surface area (Å²) in [5.74, 6) is -0.462. The van der Waals surface area contributed by atoms with Gasteiger partial charge in [-0.05, 0) is 0 Å². The second-order valence-electron chi connectivity index (χ2n) is 3.46. The molecule has 89 valence electrons. The third kappa shape index (κ3) is 3.64. The Kier molecular flexibility index (Phi) is 6.99. The minimum atomic E-state index is -1.45. The first-order chi connectivity index (χ1) is 6.97. The number of rotatable bonds is 2. The van der Waals surface area contributed by atoms with Crippen molar-refractivity contribution in [3.05, 3.63) is 0 Å². The fraction of sp³-hybridized carbons (Fsp3) is 0.875. The molecule has 0 bridgehead atoms. The van der Waals surface area contributed by atoms with E-state index >= 15 is 0 Å². The molecule has 0 aromatic rings. The van der Waals surface area contributed by atoms with Gasteiger partial charge in [0.25, 0.3) is 0 Å². The third-order valence-electron chi connectivity index (χ3n) is 2.27. The molecule has 1 rings (SSSR count). The van der Waals surface area contributed by atoms with Gasteiger partial charge in [0.05, 0.1) is 6.61 Å². The molecule has 0 saturated carbocycles. The van der Waals surface area contributed by atoms with Crippen molar-refractivity contribution < 1.29 is 30.0 Å². The zero-order valence-corrected chi connectivity index (χ0v) is 11.2. The van der Waals surface area contributed by atoms with Gasteiger partial charge in [-0.15, -0.1) is 0 Å². The second-order valence-corrected chi connectivity index (χ2v) is 3.46. The first kappa shape index (κ1) is 16.3. The molecule has 1 radical (unpaired) electrons. The monoisotopic (exact) mass is 244 g/mol. The van der Waals surface area contributed by atoms with Gasteiger partial charge in [-0.2, -0.15) is 0 Å². The van der Waals surface area contributed by atoms with E-state index in [4.69, 9.17) is 9.84 Å². The summed E-state index contributed by atoms with van der Waals surface area (Å²) in [7, 11) is 0. The van der Waals surface area contributed by atoms with Crippen LogP contribution in [0.25, 0.3) is 0 Å². The number of ether oxygens (including phenoxy) is 1. The number of aliphatic hydroxyl groups is 4. The number of amides is 1. The van der Waals surface area contributed by atoms with Crippen molar-refractivity contribution in [2.24, 2.45) is 0 Å². The summed E-state index contributed by atoms with van der Waals surface area (Å²) in [5, 5.41) is 39.4. The van der Waals surface area contributed by atoms with Gasteiger partial charge in [0, 0.05) is 36.5 Å². The maximum absolute atomic E-state index is 10.7. The van der Waals surface area contributed by atoms with Crippen molar-refractivity contribution in [1.82, 2.24) is 5.32 Å². The predicted octanol–water partition coefficient (Wildman–Crippen LogP) is -3.46. The molecule has 8 heteroatoms. The number of nitrogens with one attached hydrogen (secondary N) is 1. The first-order valence-electron chi connectivity index (χ1n) is 4.55. The number of aliphatic hydroxyl groups excluding tert-OH is 4. The van der Waals surface area contributed by atoms with E-state index in [2.05, 4.69) is 5.32 Å². The van der Waals surface area contributed by atoms with Crippen molar-refractivity contribution in [2.45, 2.75) is 37.6 Å². The van der Waals surface area contributed by atoms with Gasteiger partial charge in [0.1, 0.15) is 24.4 Å². The molecule has 1 fully saturated rings. The fourth-order valence-corrected chi connectivity index (χ4v) is 1.49. The Balaban J connectivity index is 0.00000225. The van der Waals surface area contributed by atoms with Gasteiger partial charge in [0.15, 0.2) is 6.29 Å². The van der Waals surface area contributed by atoms with Crippen LogP contribution in [-0.2, 0) is 9.53 Å². The van der Waals surface area contributed by atoms with Crippen LogP contribution in [0.5, 0.6) is 0 Å². The zero-order valence-electron chi connectivity index (χ0n) is 9.20. The minimum Gasteiger partial charge on any atom is -0.394 e. The van der Waals surface area contributed by atoms with E-state index in [9.17, 15) is 20.1 Å². The summed E-state index contributed by atoms with van der Waals surface area (Å²) in [4.78, 5) is 10.7. The van der Waals surface area contributed by atoms with Crippen molar-refractivity contribution in [3.63, 3.8) is 0 Å². The summed E-state index contributed by atoms with van der Waals surface area (Å²) in [6.45, 7) is 0.687. The third-order valence-corrected chi connectivity index (χ3v) is 2.27. The Morgan fingerprint density at radius 3 is 2.31 bits per heavy atom. The van der Waals surface area contributed by atoms with Crippen LogP contribution < -0.4 is 5.32 Å². The van der Waals surface area contributed by atoms with Crippen LogP contribution >= 0.6 is 0 Å². The number of carbonyl (C=O) groups excluding carboxylic acids is 1. The number of hydrogen-bond acceptors (Lipinski definition) is 6. The summed E-state index contributed by atoms with van der Waals surface area (Å²) in [6.07, 6.45) is -5.24.